The molecule has 1 unspecified atom stereocenters. The monoisotopic (exact) mass is 353 g/mol. The lowest BCUT2D eigenvalue weighted by atomic mass is 10.2. The number of nitrogens with one attached hydrogen (secondary N) is 2. The fraction of sp³-hybridized carbons (Fsp3) is 0.211. The standard InChI is InChI=1S/C19H19N3O2S/c23-17(20-12-14-7-3-1-4-8-14)11-16-18(24)22-19(25-16)21-13-15-9-5-2-6-10-15/h1-10,16H,11-13H2,(H,20,23)(H,21,22,24). The third kappa shape index (κ3) is 5.19. The fourth-order valence-corrected chi connectivity index (χ4v) is 3.37. The van der Waals surface area contributed by atoms with Crippen LogP contribution in [0, 0.1) is 0 Å². The van der Waals surface area contributed by atoms with E-state index >= 15 is 0 Å². The van der Waals surface area contributed by atoms with E-state index in [1.165, 1.54) is 11.8 Å². The summed E-state index contributed by atoms with van der Waals surface area (Å²) in [5.74, 6) is -0.299. The Morgan fingerprint density at radius 1 is 1.04 bits per heavy atom. The Morgan fingerprint density at radius 2 is 1.68 bits per heavy atom. The molecule has 0 aromatic heterocycles. The second-order valence-electron chi connectivity index (χ2n) is 5.67. The number of thioether (sulfide) groups is 1. The van der Waals surface area contributed by atoms with Crippen molar-refractivity contribution in [3.63, 3.8) is 0 Å². The van der Waals surface area contributed by atoms with Crippen molar-refractivity contribution in [2.75, 3.05) is 0 Å². The SMILES string of the molecule is O=C(CC1SC(=NCc2ccccc2)NC1=O)NCc1ccccc1. The summed E-state index contributed by atoms with van der Waals surface area (Å²) in [6.45, 7) is 0.976. The Bertz CT molecular complexity index is 763. The van der Waals surface area contributed by atoms with E-state index in [9.17, 15) is 9.59 Å². The van der Waals surface area contributed by atoms with E-state index in [1.807, 2.05) is 60.7 Å². The molecule has 2 aromatic carbocycles. The minimum Gasteiger partial charge on any atom is -0.352 e. The molecule has 1 fully saturated rings. The molecule has 0 saturated carbocycles. The summed E-state index contributed by atoms with van der Waals surface area (Å²) in [6.07, 6.45) is 0.147. The number of carbonyl (C=O) groups is 2. The maximum absolute atomic E-state index is 12.1. The number of amides is 2. The van der Waals surface area contributed by atoms with Gasteiger partial charge in [-0.1, -0.05) is 72.4 Å². The number of amidine groups is 1. The van der Waals surface area contributed by atoms with Crippen LogP contribution in [0.25, 0.3) is 0 Å². The van der Waals surface area contributed by atoms with Gasteiger partial charge in [-0.15, -0.1) is 0 Å². The van der Waals surface area contributed by atoms with Gasteiger partial charge in [-0.05, 0) is 11.1 Å². The normalized spacial score (nSPS) is 18.2. The Labute approximate surface area is 150 Å². The van der Waals surface area contributed by atoms with E-state index < -0.39 is 5.25 Å². The maximum Gasteiger partial charge on any atom is 0.240 e. The first-order chi connectivity index (χ1) is 12.2. The Morgan fingerprint density at radius 3 is 2.36 bits per heavy atom. The van der Waals surface area contributed by atoms with E-state index in [4.69, 9.17) is 0 Å². The van der Waals surface area contributed by atoms with E-state index in [0.29, 0.717) is 18.3 Å². The summed E-state index contributed by atoms with van der Waals surface area (Å²) < 4.78 is 0. The first-order valence-corrected chi connectivity index (χ1v) is 8.95. The van der Waals surface area contributed by atoms with Gasteiger partial charge in [0.25, 0.3) is 0 Å². The topological polar surface area (TPSA) is 70.6 Å². The Kier molecular flexibility index (Phi) is 5.85. The molecule has 1 saturated heterocycles. The summed E-state index contributed by atoms with van der Waals surface area (Å²) in [5.41, 5.74) is 2.11. The molecule has 5 nitrogen and oxygen atoms in total. The lowest BCUT2D eigenvalue weighted by Crippen LogP contribution is -2.31. The molecule has 2 aromatic rings. The lowest BCUT2D eigenvalue weighted by Gasteiger charge is -2.07. The molecule has 1 aliphatic heterocycles. The minimum absolute atomic E-state index is 0.138. The molecule has 0 radical (unpaired) electrons. The molecule has 6 heteroatoms. The lowest BCUT2D eigenvalue weighted by molar-refractivity contribution is -0.125. The van der Waals surface area contributed by atoms with Crippen molar-refractivity contribution in [3.05, 3.63) is 71.8 Å². The van der Waals surface area contributed by atoms with Crippen LogP contribution in [0.15, 0.2) is 65.7 Å². The van der Waals surface area contributed by atoms with Crippen LogP contribution < -0.4 is 10.6 Å². The molecule has 0 bridgehead atoms. The summed E-state index contributed by atoms with van der Waals surface area (Å²) in [6, 6.07) is 19.5. The molecule has 2 N–H and O–H groups in total. The van der Waals surface area contributed by atoms with Crippen molar-refractivity contribution in [3.8, 4) is 0 Å². The molecule has 128 valence electrons. The zero-order valence-corrected chi connectivity index (χ0v) is 14.5. The van der Waals surface area contributed by atoms with Crippen LogP contribution in [-0.4, -0.2) is 22.2 Å². The number of carbonyl (C=O) groups excluding carboxylic acids is 2. The van der Waals surface area contributed by atoms with Gasteiger partial charge in [0.05, 0.1) is 6.54 Å². The van der Waals surface area contributed by atoms with Gasteiger partial charge < -0.3 is 10.6 Å². The van der Waals surface area contributed by atoms with Crippen molar-refractivity contribution in [1.82, 2.24) is 10.6 Å². The average Bonchev–Trinajstić information content (AvgIpc) is 2.99. The Hall–Kier alpha value is -2.60. The van der Waals surface area contributed by atoms with Crippen LogP contribution in [0.5, 0.6) is 0 Å². The highest BCUT2D eigenvalue weighted by atomic mass is 32.2. The largest absolute Gasteiger partial charge is 0.352 e. The second kappa shape index (κ2) is 8.48. The van der Waals surface area contributed by atoms with Crippen LogP contribution in [0.1, 0.15) is 17.5 Å². The zero-order valence-electron chi connectivity index (χ0n) is 13.6. The molecular weight excluding hydrogens is 334 g/mol. The average molecular weight is 353 g/mol. The van der Waals surface area contributed by atoms with Crippen molar-refractivity contribution < 1.29 is 9.59 Å². The van der Waals surface area contributed by atoms with Gasteiger partial charge in [-0.3, -0.25) is 14.6 Å². The number of rotatable bonds is 6. The first-order valence-electron chi connectivity index (χ1n) is 8.07. The molecule has 1 atom stereocenters. The van der Waals surface area contributed by atoms with Crippen LogP contribution in [0.2, 0.25) is 0 Å². The summed E-state index contributed by atoms with van der Waals surface area (Å²) in [5, 5.41) is 5.75. The highest BCUT2D eigenvalue weighted by molar-refractivity contribution is 8.15. The molecule has 3 rings (SSSR count). The number of hydrogen-bond donors (Lipinski definition) is 2. The molecule has 25 heavy (non-hydrogen) atoms. The van der Waals surface area contributed by atoms with Gasteiger partial charge in [-0.25, -0.2) is 0 Å². The number of hydrogen-bond acceptors (Lipinski definition) is 4. The minimum atomic E-state index is -0.426. The zero-order chi connectivity index (χ0) is 17.5. The van der Waals surface area contributed by atoms with Crippen LogP contribution in [-0.2, 0) is 22.7 Å². The van der Waals surface area contributed by atoms with Gasteiger partial charge in [0.2, 0.25) is 11.8 Å². The van der Waals surface area contributed by atoms with E-state index in [-0.39, 0.29) is 18.2 Å². The predicted molar refractivity (Wildman–Crippen MR) is 100 cm³/mol. The molecule has 1 aliphatic rings. The van der Waals surface area contributed by atoms with Crippen molar-refractivity contribution in [2.24, 2.45) is 4.99 Å². The number of nitrogens with zero attached hydrogens (tertiary/aromatic N) is 1. The third-order valence-corrected chi connectivity index (χ3v) is 4.85. The van der Waals surface area contributed by atoms with Crippen LogP contribution in [0.4, 0.5) is 0 Å². The number of aliphatic imine (C=N–C) groups is 1. The number of benzene rings is 2. The van der Waals surface area contributed by atoms with Gasteiger partial charge in [0.15, 0.2) is 5.17 Å². The molecular formula is C19H19N3O2S. The molecule has 0 spiro atoms. The van der Waals surface area contributed by atoms with E-state index in [1.54, 1.807) is 0 Å². The molecule has 0 aliphatic carbocycles. The molecule has 1 heterocycles. The summed E-state index contributed by atoms with van der Waals surface area (Å²) in [7, 11) is 0. The van der Waals surface area contributed by atoms with Gasteiger partial charge in [-0.2, -0.15) is 0 Å². The highest BCUT2D eigenvalue weighted by Crippen LogP contribution is 2.22. The van der Waals surface area contributed by atoms with E-state index in [0.717, 1.165) is 11.1 Å². The van der Waals surface area contributed by atoms with Gasteiger partial charge in [0, 0.05) is 13.0 Å². The van der Waals surface area contributed by atoms with Crippen molar-refractivity contribution in [1.29, 1.82) is 0 Å². The highest BCUT2D eigenvalue weighted by Gasteiger charge is 2.31. The summed E-state index contributed by atoms with van der Waals surface area (Å²) in [4.78, 5) is 28.5. The third-order valence-electron chi connectivity index (χ3n) is 3.73. The van der Waals surface area contributed by atoms with Gasteiger partial charge >= 0.3 is 0 Å². The molecule has 2 amide bonds. The fourth-order valence-electron chi connectivity index (χ4n) is 2.40. The predicted octanol–water partition coefficient (Wildman–Crippen LogP) is 2.48. The quantitative estimate of drug-likeness (QED) is 0.838. The smallest absolute Gasteiger partial charge is 0.240 e. The Balaban J connectivity index is 1.48. The van der Waals surface area contributed by atoms with E-state index in [2.05, 4.69) is 15.6 Å². The summed E-state index contributed by atoms with van der Waals surface area (Å²) >= 11 is 1.32. The van der Waals surface area contributed by atoms with Gasteiger partial charge in [0.1, 0.15) is 5.25 Å². The van der Waals surface area contributed by atoms with Crippen LogP contribution in [0.3, 0.4) is 0 Å². The first kappa shape index (κ1) is 17.2. The van der Waals surface area contributed by atoms with Crippen molar-refractivity contribution in [2.45, 2.75) is 24.8 Å². The van der Waals surface area contributed by atoms with Crippen molar-refractivity contribution >= 4 is 28.7 Å². The van der Waals surface area contributed by atoms with Crippen LogP contribution >= 0.6 is 11.8 Å². The second-order valence-corrected chi connectivity index (χ2v) is 6.86. The maximum atomic E-state index is 12.1.